The molecule has 80 valence electrons. The molecule has 0 aromatic carbocycles. The van der Waals surface area contributed by atoms with E-state index in [1.807, 2.05) is 6.92 Å². The van der Waals surface area contributed by atoms with Crippen LogP contribution in [0.5, 0.6) is 0 Å². The van der Waals surface area contributed by atoms with Gasteiger partial charge in [0.2, 0.25) is 0 Å². The van der Waals surface area contributed by atoms with Crippen molar-refractivity contribution in [1.29, 1.82) is 0 Å². The number of nitrogens with one attached hydrogen (secondary N) is 1. The van der Waals surface area contributed by atoms with Gasteiger partial charge in [0.05, 0.1) is 6.04 Å². The van der Waals surface area contributed by atoms with E-state index in [1.165, 1.54) is 0 Å². The van der Waals surface area contributed by atoms with Crippen molar-refractivity contribution in [2.24, 2.45) is 0 Å². The molecule has 1 N–H and O–H groups in total. The van der Waals surface area contributed by atoms with E-state index in [4.69, 9.17) is 4.74 Å². The van der Waals surface area contributed by atoms with Crippen molar-refractivity contribution in [2.75, 3.05) is 6.61 Å². The third kappa shape index (κ3) is 1.72. The van der Waals surface area contributed by atoms with Gasteiger partial charge in [-0.25, -0.2) is 4.79 Å². The number of ether oxygens (including phenoxy) is 1. The molecule has 0 aliphatic carbocycles. The Kier molecular flexibility index (Phi) is 2.45. The van der Waals surface area contributed by atoms with Crippen LogP contribution in [0.15, 0.2) is 23.1 Å². The molecule has 1 aromatic rings. The molecule has 1 atom stereocenters. The van der Waals surface area contributed by atoms with Gasteiger partial charge < -0.3 is 14.6 Å². The van der Waals surface area contributed by atoms with E-state index in [-0.39, 0.29) is 18.2 Å². The molecule has 0 bridgehead atoms. The average Bonchev–Trinajstić information content (AvgIpc) is 2.65. The molecule has 1 aliphatic rings. The summed E-state index contributed by atoms with van der Waals surface area (Å²) in [6.07, 6.45) is 1.26. The number of carbonyl (C=O) groups is 1. The first-order valence-corrected chi connectivity index (χ1v) is 4.85. The second-order valence-corrected chi connectivity index (χ2v) is 3.35. The molecule has 1 fully saturated rings. The Labute approximate surface area is 86.7 Å². The molecule has 1 aliphatic heterocycles. The van der Waals surface area contributed by atoms with Crippen molar-refractivity contribution >= 4 is 6.09 Å². The smallest absolute Gasteiger partial charge is 0.407 e. The van der Waals surface area contributed by atoms with Crippen molar-refractivity contribution < 1.29 is 9.53 Å². The second-order valence-electron chi connectivity index (χ2n) is 3.35. The van der Waals surface area contributed by atoms with E-state index < -0.39 is 6.09 Å². The molecule has 0 saturated carbocycles. The van der Waals surface area contributed by atoms with Gasteiger partial charge in [-0.3, -0.25) is 4.79 Å². The third-order valence-corrected chi connectivity index (χ3v) is 2.44. The van der Waals surface area contributed by atoms with Crippen LogP contribution in [0.2, 0.25) is 0 Å². The summed E-state index contributed by atoms with van der Waals surface area (Å²) >= 11 is 0. The Balaban J connectivity index is 2.36. The van der Waals surface area contributed by atoms with Crippen LogP contribution in [0.4, 0.5) is 4.79 Å². The van der Waals surface area contributed by atoms with Crippen LogP contribution in [-0.4, -0.2) is 17.3 Å². The van der Waals surface area contributed by atoms with Gasteiger partial charge in [0, 0.05) is 18.3 Å². The Hall–Kier alpha value is -1.78. The minimum Gasteiger partial charge on any atom is -0.447 e. The summed E-state index contributed by atoms with van der Waals surface area (Å²) in [6.45, 7) is 2.74. The number of aromatic nitrogens is 1. The van der Waals surface area contributed by atoms with Crippen LogP contribution in [-0.2, 0) is 11.3 Å². The van der Waals surface area contributed by atoms with Crippen molar-refractivity contribution in [3.63, 3.8) is 0 Å². The highest BCUT2D eigenvalue weighted by Gasteiger charge is 2.25. The first-order valence-electron chi connectivity index (χ1n) is 4.85. The SMILES string of the molecule is CCn1cccc(C2COC(=O)N2)c1=O. The number of rotatable bonds is 2. The fourth-order valence-corrected chi connectivity index (χ4v) is 1.62. The zero-order valence-corrected chi connectivity index (χ0v) is 8.40. The van der Waals surface area contributed by atoms with Gasteiger partial charge in [-0.15, -0.1) is 0 Å². The fraction of sp³-hybridized carbons (Fsp3) is 0.400. The summed E-state index contributed by atoms with van der Waals surface area (Å²) in [5.74, 6) is 0. The molecule has 5 heteroatoms. The highest BCUT2D eigenvalue weighted by atomic mass is 16.6. The lowest BCUT2D eigenvalue weighted by Gasteiger charge is -2.09. The second kappa shape index (κ2) is 3.76. The molecule has 1 aromatic heterocycles. The summed E-state index contributed by atoms with van der Waals surface area (Å²) < 4.78 is 6.35. The quantitative estimate of drug-likeness (QED) is 0.776. The minimum atomic E-state index is -0.466. The third-order valence-electron chi connectivity index (χ3n) is 2.44. The van der Waals surface area contributed by atoms with Gasteiger partial charge >= 0.3 is 6.09 Å². The Morgan fingerprint density at radius 2 is 2.40 bits per heavy atom. The van der Waals surface area contributed by atoms with Gasteiger partial charge in [-0.1, -0.05) is 0 Å². The number of hydrogen-bond donors (Lipinski definition) is 1. The number of amides is 1. The molecule has 5 nitrogen and oxygen atoms in total. The first kappa shape index (κ1) is 9.76. The number of cyclic esters (lactones) is 1. The fourth-order valence-electron chi connectivity index (χ4n) is 1.62. The van der Waals surface area contributed by atoms with Gasteiger partial charge in [0.25, 0.3) is 5.56 Å². The number of hydrogen-bond acceptors (Lipinski definition) is 3. The van der Waals surface area contributed by atoms with Gasteiger partial charge in [-0.2, -0.15) is 0 Å². The predicted molar refractivity (Wildman–Crippen MR) is 53.6 cm³/mol. The number of nitrogens with zero attached hydrogens (tertiary/aromatic N) is 1. The van der Waals surface area contributed by atoms with Gasteiger partial charge in [0.1, 0.15) is 6.61 Å². The van der Waals surface area contributed by atoms with Crippen molar-refractivity contribution in [1.82, 2.24) is 9.88 Å². The molecular weight excluding hydrogens is 196 g/mol. The van der Waals surface area contributed by atoms with Crippen molar-refractivity contribution in [3.05, 3.63) is 34.2 Å². The van der Waals surface area contributed by atoms with Gasteiger partial charge in [0.15, 0.2) is 0 Å². The Bertz CT molecular complexity index is 439. The van der Waals surface area contributed by atoms with E-state index >= 15 is 0 Å². The number of pyridine rings is 1. The van der Waals surface area contributed by atoms with E-state index in [9.17, 15) is 9.59 Å². The van der Waals surface area contributed by atoms with E-state index in [1.54, 1.807) is 22.9 Å². The monoisotopic (exact) mass is 208 g/mol. The lowest BCUT2D eigenvalue weighted by Crippen LogP contribution is -2.29. The summed E-state index contributed by atoms with van der Waals surface area (Å²) in [5.41, 5.74) is 0.501. The van der Waals surface area contributed by atoms with Crippen LogP contribution < -0.4 is 10.9 Å². The van der Waals surface area contributed by atoms with Crippen LogP contribution in [0.3, 0.4) is 0 Å². The Morgan fingerprint density at radius 1 is 1.60 bits per heavy atom. The summed E-state index contributed by atoms with van der Waals surface area (Å²) in [6, 6.07) is 3.20. The Morgan fingerprint density at radius 3 is 3.00 bits per heavy atom. The van der Waals surface area contributed by atoms with Gasteiger partial charge in [-0.05, 0) is 19.1 Å². The largest absolute Gasteiger partial charge is 0.447 e. The van der Waals surface area contributed by atoms with Crippen LogP contribution >= 0.6 is 0 Å². The molecule has 1 saturated heterocycles. The van der Waals surface area contributed by atoms with Crippen molar-refractivity contribution in [2.45, 2.75) is 19.5 Å². The first-order chi connectivity index (χ1) is 7.22. The lowest BCUT2D eigenvalue weighted by atomic mass is 10.1. The zero-order valence-electron chi connectivity index (χ0n) is 8.40. The average molecular weight is 208 g/mol. The van der Waals surface area contributed by atoms with Crippen LogP contribution in [0, 0.1) is 0 Å². The molecule has 1 unspecified atom stereocenters. The van der Waals surface area contributed by atoms with E-state index in [0.29, 0.717) is 12.1 Å². The predicted octanol–water partition coefficient (Wildman–Crippen LogP) is 0.649. The molecular formula is C10H12N2O3. The highest BCUT2D eigenvalue weighted by Crippen LogP contribution is 2.13. The van der Waals surface area contributed by atoms with E-state index in [0.717, 1.165) is 0 Å². The molecule has 0 radical (unpaired) electrons. The normalized spacial score (nSPS) is 19.8. The highest BCUT2D eigenvalue weighted by molar-refractivity contribution is 5.70. The number of alkyl carbamates (subject to hydrolysis) is 1. The van der Waals surface area contributed by atoms with Crippen LogP contribution in [0.25, 0.3) is 0 Å². The lowest BCUT2D eigenvalue weighted by molar-refractivity contribution is 0.177. The summed E-state index contributed by atoms with van der Waals surface area (Å²) in [5, 5.41) is 2.59. The summed E-state index contributed by atoms with van der Waals surface area (Å²) in [4.78, 5) is 22.7. The number of aryl methyl sites for hydroxylation is 1. The topological polar surface area (TPSA) is 60.3 Å². The standard InChI is InChI=1S/C10H12N2O3/c1-2-12-5-3-4-7(9(12)13)8-6-15-10(14)11-8/h3-5,8H,2,6H2,1H3,(H,11,14). The molecule has 2 rings (SSSR count). The molecule has 0 spiro atoms. The molecule has 1 amide bonds. The molecule has 2 heterocycles. The summed E-state index contributed by atoms with van der Waals surface area (Å²) in [7, 11) is 0. The number of carbonyl (C=O) groups excluding carboxylic acids is 1. The zero-order chi connectivity index (χ0) is 10.8. The van der Waals surface area contributed by atoms with Crippen LogP contribution in [0.1, 0.15) is 18.5 Å². The van der Waals surface area contributed by atoms with Crippen molar-refractivity contribution in [3.8, 4) is 0 Å². The maximum atomic E-state index is 11.8. The van der Waals surface area contributed by atoms with E-state index in [2.05, 4.69) is 5.32 Å². The maximum Gasteiger partial charge on any atom is 0.407 e. The maximum absolute atomic E-state index is 11.8. The molecule has 15 heavy (non-hydrogen) atoms. The minimum absolute atomic E-state index is 0.0733.